The van der Waals surface area contributed by atoms with E-state index in [2.05, 4.69) is 0 Å². The Bertz CT molecular complexity index is 476. The second-order valence-corrected chi connectivity index (χ2v) is 5.28. The number of hydrogen-bond donors (Lipinski definition) is 1. The van der Waals surface area contributed by atoms with Crippen LogP contribution in [0.2, 0.25) is 5.02 Å². The van der Waals surface area contributed by atoms with Gasteiger partial charge in [-0.15, -0.1) is 0 Å². The van der Waals surface area contributed by atoms with E-state index in [0.717, 1.165) is 24.0 Å². The highest BCUT2D eigenvalue weighted by Gasteiger charge is 2.44. The van der Waals surface area contributed by atoms with Gasteiger partial charge in [0.2, 0.25) is 0 Å². The largest absolute Gasteiger partial charge is 0.497 e. The zero-order valence-electron chi connectivity index (χ0n) is 10.6. The van der Waals surface area contributed by atoms with Crippen molar-refractivity contribution >= 4 is 17.6 Å². The number of carboxylic acid groups (broad SMARTS) is 1. The first-order valence-electron chi connectivity index (χ1n) is 6.09. The summed E-state index contributed by atoms with van der Waals surface area (Å²) in [5, 5.41) is 10.2. The molecule has 1 saturated carbocycles. The molecule has 0 spiro atoms. The van der Waals surface area contributed by atoms with Crippen molar-refractivity contribution in [3.63, 3.8) is 0 Å². The minimum atomic E-state index is -0.789. The number of rotatable bonds is 3. The van der Waals surface area contributed by atoms with Crippen LogP contribution >= 0.6 is 11.6 Å². The first-order valence-corrected chi connectivity index (χ1v) is 6.47. The number of ether oxygens (including phenoxy) is 1. The zero-order chi connectivity index (χ0) is 13.3. The second kappa shape index (κ2) is 4.81. The van der Waals surface area contributed by atoms with Crippen molar-refractivity contribution in [2.75, 3.05) is 7.11 Å². The van der Waals surface area contributed by atoms with Gasteiger partial charge in [-0.2, -0.15) is 0 Å². The first kappa shape index (κ1) is 13.2. The molecule has 0 heterocycles. The minimum Gasteiger partial charge on any atom is -0.497 e. The second-order valence-electron chi connectivity index (χ2n) is 4.88. The van der Waals surface area contributed by atoms with Crippen molar-refractivity contribution in [2.45, 2.75) is 38.0 Å². The summed E-state index contributed by atoms with van der Waals surface area (Å²) in [5.41, 5.74) is 0.862. The zero-order valence-corrected chi connectivity index (χ0v) is 11.4. The van der Waals surface area contributed by atoms with Crippen LogP contribution < -0.4 is 4.74 Å². The van der Waals surface area contributed by atoms with Crippen LogP contribution in [-0.4, -0.2) is 18.2 Å². The highest BCUT2D eigenvalue weighted by molar-refractivity contribution is 6.31. The molecule has 0 amide bonds. The number of benzene rings is 1. The van der Waals surface area contributed by atoms with Gasteiger partial charge in [0.15, 0.2) is 0 Å². The summed E-state index contributed by atoms with van der Waals surface area (Å²) in [5.74, 6) is -0.138. The highest BCUT2D eigenvalue weighted by atomic mass is 35.5. The molecule has 98 valence electrons. The van der Waals surface area contributed by atoms with E-state index in [0.29, 0.717) is 23.6 Å². The van der Waals surface area contributed by atoms with E-state index in [9.17, 15) is 9.90 Å². The van der Waals surface area contributed by atoms with Gasteiger partial charge >= 0.3 is 5.97 Å². The fourth-order valence-corrected chi connectivity index (χ4v) is 3.06. The van der Waals surface area contributed by atoms with Gasteiger partial charge in [-0.3, -0.25) is 4.79 Å². The Labute approximate surface area is 112 Å². The Morgan fingerprint density at radius 3 is 2.50 bits per heavy atom. The molecule has 1 aromatic rings. The Kier molecular flexibility index (Phi) is 3.53. The maximum Gasteiger partial charge on any atom is 0.314 e. The van der Waals surface area contributed by atoms with Crippen LogP contribution in [-0.2, 0) is 10.2 Å². The molecule has 1 fully saturated rings. The average Bonchev–Trinajstić information content (AvgIpc) is 2.82. The van der Waals surface area contributed by atoms with E-state index in [1.54, 1.807) is 13.2 Å². The number of aliphatic carboxylic acids is 1. The molecule has 0 atom stereocenters. The number of carbonyl (C=O) groups is 1. The Hall–Kier alpha value is -1.22. The molecule has 0 unspecified atom stereocenters. The predicted molar refractivity (Wildman–Crippen MR) is 70.5 cm³/mol. The van der Waals surface area contributed by atoms with Crippen molar-refractivity contribution in [3.05, 3.63) is 28.3 Å². The molecule has 0 bridgehead atoms. The fourth-order valence-electron chi connectivity index (χ4n) is 2.85. The summed E-state index contributed by atoms with van der Waals surface area (Å²) in [6.07, 6.45) is 3.24. The maximum absolute atomic E-state index is 11.7. The summed E-state index contributed by atoms with van der Waals surface area (Å²) in [6.45, 7) is 1.88. The van der Waals surface area contributed by atoms with Gasteiger partial charge in [0, 0.05) is 5.02 Å². The topological polar surface area (TPSA) is 46.5 Å². The van der Waals surface area contributed by atoms with E-state index in [1.807, 2.05) is 13.0 Å². The molecule has 2 rings (SSSR count). The van der Waals surface area contributed by atoms with Crippen LogP contribution in [0.25, 0.3) is 0 Å². The molecule has 1 aromatic carbocycles. The lowest BCUT2D eigenvalue weighted by atomic mass is 9.77. The van der Waals surface area contributed by atoms with Gasteiger partial charge < -0.3 is 9.84 Å². The van der Waals surface area contributed by atoms with E-state index >= 15 is 0 Å². The van der Waals surface area contributed by atoms with Gasteiger partial charge in [-0.1, -0.05) is 24.4 Å². The molecule has 1 aliphatic carbocycles. The summed E-state index contributed by atoms with van der Waals surface area (Å²) < 4.78 is 5.20. The lowest BCUT2D eigenvalue weighted by Crippen LogP contribution is -2.33. The van der Waals surface area contributed by atoms with E-state index in [1.165, 1.54) is 0 Å². The SMILES string of the molecule is COc1cc(Cl)c(C)c(C2(C(=O)O)CCCC2)c1. The van der Waals surface area contributed by atoms with Crippen molar-refractivity contribution in [3.8, 4) is 5.75 Å². The minimum absolute atomic E-state index is 0.567. The van der Waals surface area contributed by atoms with Crippen molar-refractivity contribution in [1.29, 1.82) is 0 Å². The molecule has 0 radical (unpaired) electrons. The standard InChI is InChI=1S/C14H17ClO3/c1-9-11(7-10(18-2)8-12(9)15)14(13(16)17)5-3-4-6-14/h7-8H,3-6H2,1-2H3,(H,16,17). The third-order valence-corrected chi connectivity index (χ3v) is 4.33. The van der Waals surface area contributed by atoms with E-state index in [4.69, 9.17) is 16.3 Å². The maximum atomic E-state index is 11.7. The van der Waals surface area contributed by atoms with Crippen LogP contribution in [0.1, 0.15) is 36.8 Å². The highest BCUT2D eigenvalue weighted by Crippen LogP contribution is 2.45. The molecule has 3 nitrogen and oxygen atoms in total. The molecule has 18 heavy (non-hydrogen) atoms. The Morgan fingerprint density at radius 2 is 2.00 bits per heavy atom. The molecule has 0 aromatic heterocycles. The van der Waals surface area contributed by atoms with Crippen LogP contribution in [0.4, 0.5) is 0 Å². The smallest absolute Gasteiger partial charge is 0.314 e. The number of methoxy groups -OCH3 is 1. The fraction of sp³-hybridized carbons (Fsp3) is 0.500. The van der Waals surface area contributed by atoms with Crippen LogP contribution in [0.3, 0.4) is 0 Å². The van der Waals surface area contributed by atoms with Crippen molar-refractivity contribution in [2.24, 2.45) is 0 Å². The Morgan fingerprint density at radius 1 is 1.39 bits per heavy atom. The molecular weight excluding hydrogens is 252 g/mol. The Balaban J connectivity index is 2.61. The van der Waals surface area contributed by atoms with Gasteiger partial charge in [0.25, 0.3) is 0 Å². The lowest BCUT2D eigenvalue weighted by molar-refractivity contribution is -0.143. The molecule has 4 heteroatoms. The quantitative estimate of drug-likeness (QED) is 0.912. The predicted octanol–water partition coefficient (Wildman–Crippen LogP) is 3.55. The monoisotopic (exact) mass is 268 g/mol. The van der Waals surface area contributed by atoms with Gasteiger partial charge in [0.1, 0.15) is 5.75 Å². The lowest BCUT2D eigenvalue weighted by Gasteiger charge is -2.27. The van der Waals surface area contributed by atoms with Crippen molar-refractivity contribution < 1.29 is 14.6 Å². The molecule has 0 saturated heterocycles. The van der Waals surface area contributed by atoms with Crippen LogP contribution in [0.15, 0.2) is 12.1 Å². The van der Waals surface area contributed by atoms with Crippen LogP contribution in [0.5, 0.6) is 5.75 Å². The summed E-state index contributed by atoms with van der Waals surface area (Å²) in [6, 6.07) is 3.55. The number of halogens is 1. The summed E-state index contributed by atoms with van der Waals surface area (Å²) in [7, 11) is 1.56. The number of hydrogen-bond acceptors (Lipinski definition) is 2. The van der Waals surface area contributed by atoms with Crippen molar-refractivity contribution in [1.82, 2.24) is 0 Å². The van der Waals surface area contributed by atoms with Crippen LogP contribution in [0, 0.1) is 6.92 Å². The van der Waals surface area contributed by atoms with Gasteiger partial charge in [-0.05, 0) is 43.0 Å². The molecule has 1 aliphatic rings. The summed E-state index contributed by atoms with van der Waals surface area (Å²) in [4.78, 5) is 11.7. The van der Waals surface area contributed by atoms with Gasteiger partial charge in [-0.25, -0.2) is 0 Å². The van der Waals surface area contributed by atoms with Gasteiger partial charge in [0.05, 0.1) is 12.5 Å². The molecule has 0 aliphatic heterocycles. The normalized spacial score (nSPS) is 17.7. The van der Waals surface area contributed by atoms with E-state index in [-0.39, 0.29) is 0 Å². The number of carboxylic acids is 1. The molecular formula is C14H17ClO3. The average molecular weight is 269 g/mol. The third kappa shape index (κ3) is 1.97. The van der Waals surface area contributed by atoms with E-state index < -0.39 is 11.4 Å². The third-order valence-electron chi connectivity index (χ3n) is 3.94. The summed E-state index contributed by atoms with van der Waals surface area (Å²) >= 11 is 6.17. The molecule has 1 N–H and O–H groups in total. The first-order chi connectivity index (χ1) is 8.51.